The molecule has 1 heterocycles. The lowest BCUT2D eigenvalue weighted by atomic mass is 10.1. The van der Waals surface area contributed by atoms with Crippen LogP contribution < -0.4 is 15.0 Å². The number of halogens is 1. The number of nitrogens with zero attached hydrogens (tertiary/aromatic N) is 2. The van der Waals surface area contributed by atoms with Crippen molar-refractivity contribution in [3.63, 3.8) is 0 Å². The van der Waals surface area contributed by atoms with Gasteiger partial charge in [-0.05, 0) is 49.4 Å². The molecule has 6 nitrogen and oxygen atoms in total. The lowest BCUT2D eigenvalue weighted by Crippen LogP contribution is -2.50. The van der Waals surface area contributed by atoms with E-state index in [4.69, 9.17) is 16.3 Å². The average Bonchev–Trinajstić information content (AvgIpc) is 2.68. The van der Waals surface area contributed by atoms with Crippen LogP contribution >= 0.6 is 11.6 Å². The van der Waals surface area contributed by atoms with Crippen LogP contribution in [0.2, 0.25) is 5.02 Å². The Labute approximate surface area is 163 Å². The van der Waals surface area contributed by atoms with E-state index in [0.29, 0.717) is 35.1 Å². The quantitative estimate of drug-likeness (QED) is 0.808. The van der Waals surface area contributed by atoms with Gasteiger partial charge < -0.3 is 19.9 Å². The molecule has 0 aromatic heterocycles. The monoisotopic (exact) mass is 387 g/mol. The van der Waals surface area contributed by atoms with E-state index in [1.807, 2.05) is 24.3 Å². The van der Waals surface area contributed by atoms with Gasteiger partial charge in [0.25, 0.3) is 0 Å². The van der Waals surface area contributed by atoms with Crippen molar-refractivity contribution >= 4 is 34.8 Å². The van der Waals surface area contributed by atoms with Crippen LogP contribution in [0.4, 0.5) is 16.2 Å². The molecule has 1 aliphatic rings. The first-order valence-corrected chi connectivity index (χ1v) is 9.11. The van der Waals surface area contributed by atoms with Crippen LogP contribution in [0.5, 0.6) is 5.75 Å². The zero-order chi connectivity index (χ0) is 19.4. The molecule has 0 atom stereocenters. The summed E-state index contributed by atoms with van der Waals surface area (Å²) in [5, 5.41) is 3.40. The first kappa shape index (κ1) is 19.0. The van der Waals surface area contributed by atoms with E-state index in [2.05, 4.69) is 10.2 Å². The molecule has 0 unspecified atom stereocenters. The number of Topliss-reactive ketones (excluding diaryl/α,β-unsaturated/α-hetero) is 1. The summed E-state index contributed by atoms with van der Waals surface area (Å²) in [5.74, 6) is 0.622. The van der Waals surface area contributed by atoms with Crippen LogP contribution in [-0.4, -0.2) is 50.0 Å². The standard InChI is InChI=1S/C20H22ClN3O3/c1-14(25)15-3-6-17(7-4-15)23-9-11-24(12-10-23)20(26)22-18-13-16(21)5-8-19(18)27-2/h3-8,13H,9-12H2,1-2H3,(H,22,26). The molecular weight excluding hydrogens is 366 g/mol. The normalized spacial score (nSPS) is 14.0. The summed E-state index contributed by atoms with van der Waals surface area (Å²) in [6, 6.07) is 12.5. The molecule has 1 aliphatic heterocycles. The van der Waals surface area contributed by atoms with Crippen molar-refractivity contribution in [2.75, 3.05) is 43.5 Å². The van der Waals surface area contributed by atoms with Crippen LogP contribution in [0.3, 0.4) is 0 Å². The molecule has 1 fully saturated rings. The van der Waals surface area contributed by atoms with Gasteiger partial charge >= 0.3 is 6.03 Å². The topological polar surface area (TPSA) is 61.9 Å². The number of nitrogens with one attached hydrogen (secondary N) is 1. The summed E-state index contributed by atoms with van der Waals surface area (Å²) in [6.07, 6.45) is 0. The van der Waals surface area contributed by atoms with Crippen molar-refractivity contribution in [3.8, 4) is 5.75 Å². The first-order chi connectivity index (χ1) is 13.0. The number of hydrogen-bond donors (Lipinski definition) is 1. The van der Waals surface area contributed by atoms with E-state index in [1.165, 1.54) is 0 Å². The number of carbonyl (C=O) groups is 2. The number of piperazine rings is 1. The van der Waals surface area contributed by atoms with E-state index in [1.54, 1.807) is 37.1 Å². The lowest BCUT2D eigenvalue weighted by molar-refractivity contribution is 0.101. The van der Waals surface area contributed by atoms with Crippen LogP contribution in [0.15, 0.2) is 42.5 Å². The molecular formula is C20H22ClN3O3. The fourth-order valence-electron chi connectivity index (χ4n) is 3.05. The second-order valence-corrected chi connectivity index (χ2v) is 6.79. The second-order valence-electron chi connectivity index (χ2n) is 6.35. The molecule has 0 saturated carbocycles. The maximum atomic E-state index is 12.6. The number of ether oxygens (including phenoxy) is 1. The summed E-state index contributed by atoms with van der Waals surface area (Å²) in [5.41, 5.74) is 2.31. The number of urea groups is 1. The van der Waals surface area contributed by atoms with Crippen molar-refractivity contribution in [1.82, 2.24) is 4.90 Å². The minimum atomic E-state index is -0.179. The van der Waals surface area contributed by atoms with Gasteiger partial charge in [-0.1, -0.05) is 11.6 Å². The Kier molecular flexibility index (Phi) is 5.86. The molecule has 2 aromatic rings. The number of benzene rings is 2. The highest BCUT2D eigenvalue weighted by Gasteiger charge is 2.22. The van der Waals surface area contributed by atoms with Gasteiger partial charge in [-0.15, -0.1) is 0 Å². The van der Waals surface area contributed by atoms with Crippen LogP contribution in [0.25, 0.3) is 0 Å². The largest absolute Gasteiger partial charge is 0.495 e. The Balaban J connectivity index is 1.59. The molecule has 2 amide bonds. The van der Waals surface area contributed by atoms with Crippen molar-refractivity contribution in [2.24, 2.45) is 0 Å². The smallest absolute Gasteiger partial charge is 0.322 e. The molecule has 0 aliphatic carbocycles. The molecule has 0 radical (unpaired) electrons. The number of carbonyl (C=O) groups excluding carboxylic acids is 2. The summed E-state index contributed by atoms with van der Waals surface area (Å²) in [4.78, 5) is 27.9. The number of hydrogen-bond acceptors (Lipinski definition) is 4. The van der Waals surface area contributed by atoms with Crippen LogP contribution in [0, 0.1) is 0 Å². The summed E-state index contributed by atoms with van der Waals surface area (Å²) < 4.78 is 5.27. The third kappa shape index (κ3) is 4.52. The Morgan fingerprint density at radius 1 is 1.04 bits per heavy atom. The maximum Gasteiger partial charge on any atom is 0.322 e. The van der Waals surface area contributed by atoms with Gasteiger partial charge in [-0.2, -0.15) is 0 Å². The molecule has 0 spiro atoms. The number of methoxy groups -OCH3 is 1. The van der Waals surface area contributed by atoms with Gasteiger partial charge in [0.15, 0.2) is 5.78 Å². The third-order valence-corrected chi connectivity index (χ3v) is 4.84. The summed E-state index contributed by atoms with van der Waals surface area (Å²) in [6.45, 7) is 4.20. The highest BCUT2D eigenvalue weighted by molar-refractivity contribution is 6.31. The average molecular weight is 388 g/mol. The molecule has 27 heavy (non-hydrogen) atoms. The number of amides is 2. The van der Waals surface area contributed by atoms with E-state index < -0.39 is 0 Å². The molecule has 142 valence electrons. The fourth-order valence-corrected chi connectivity index (χ4v) is 3.22. The van der Waals surface area contributed by atoms with Gasteiger partial charge in [0.1, 0.15) is 5.75 Å². The van der Waals surface area contributed by atoms with E-state index >= 15 is 0 Å². The van der Waals surface area contributed by atoms with Crippen molar-refractivity contribution in [1.29, 1.82) is 0 Å². The number of ketones is 1. The minimum absolute atomic E-state index is 0.0551. The fraction of sp³-hybridized carbons (Fsp3) is 0.300. The second kappa shape index (κ2) is 8.31. The van der Waals surface area contributed by atoms with Crippen molar-refractivity contribution < 1.29 is 14.3 Å². The van der Waals surface area contributed by atoms with Crippen LogP contribution in [0.1, 0.15) is 17.3 Å². The molecule has 3 rings (SSSR count). The zero-order valence-corrected chi connectivity index (χ0v) is 16.1. The summed E-state index contributed by atoms with van der Waals surface area (Å²) >= 11 is 6.01. The predicted molar refractivity (Wildman–Crippen MR) is 107 cm³/mol. The number of anilines is 2. The van der Waals surface area contributed by atoms with E-state index in [9.17, 15) is 9.59 Å². The Bertz CT molecular complexity index is 831. The molecule has 2 aromatic carbocycles. The van der Waals surface area contributed by atoms with Gasteiger partial charge in [-0.25, -0.2) is 4.79 Å². The summed E-state index contributed by atoms with van der Waals surface area (Å²) in [7, 11) is 1.55. The minimum Gasteiger partial charge on any atom is -0.495 e. The third-order valence-electron chi connectivity index (χ3n) is 4.61. The van der Waals surface area contributed by atoms with Gasteiger partial charge in [0.05, 0.1) is 12.8 Å². The van der Waals surface area contributed by atoms with Crippen molar-refractivity contribution in [2.45, 2.75) is 6.92 Å². The molecule has 7 heteroatoms. The number of rotatable bonds is 4. The Morgan fingerprint density at radius 3 is 2.30 bits per heavy atom. The van der Waals surface area contributed by atoms with Gasteiger partial charge in [0.2, 0.25) is 0 Å². The highest BCUT2D eigenvalue weighted by Crippen LogP contribution is 2.28. The zero-order valence-electron chi connectivity index (χ0n) is 15.4. The van der Waals surface area contributed by atoms with Crippen LogP contribution in [-0.2, 0) is 0 Å². The Morgan fingerprint density at radius 2 is 1.70 bits per heavy atom. The predicted octanol–water partition coefficient (Wildman–Crippen LogP) is 3.91. The van der Waals surface area contributed by atoms with E-state index in [-0.39, 0.29) is 11.8 Å². The van der Waals surface area contributed by atoms with Crippen molar-refractivity contribution in [3.05, 3.63) is 53.1 Å². The lowest BCUT2D eigenvalue weighted by Gasteiger charge is -2.36. The SMILES string of the molecule is COc1ccc(Cl)cc1NC(=O)N1CCN(c2ccc(C(C)=O)cc2)CC1. The van der Waals surface area contributed by atoms with Gasteiger partial charge in [-0.3, -0.25) is 4.79 Å². The maximum absolute atomic E-state index is 12.6. The van der Waals surface area contributed by atoms with Gasteiger partial charge in [0, 0.05) is 42.5 Å². The van der Waals surface area contributed by atoms with E-state index in [0.717, 1.165) is 18.8 Å². The molecule has 0 bridgehead atoms. The molecule has 1 N–H and O–H groups in total. The first-order valence-electron chi connectivity index (χ1n) is 8.73. The highest BCUT2D eigenvalue weighted by atomic mass is 35.5. The molecule has 1 saturated heterocycles. The Hall–Kier alpha value is -2.73.